The maximum absolute atomic E-state index is 7.45. The monoisotopic (exact) mass is 438 g/mol. The molecule has 0 radical (unpaired) electrons. The molecule has 30 heavy (non-hydrogen) atoms. The van der Waals surface area contributed by atoms with Crippen LogP contribution < -0.4 is 21.9 Å². The van der Waals surface area contributed by atoms with E-state index < -0.39 is 0 Å². The summed E-state index contributed by atoms with van der Waals surface area (Å²) in [6.07, 6.45) is 6.88. The van der Waals surface area contributed by atoms with Crippen LogP contribution in [-0.4, -0.2) is 79.0 Å². The highest BCUT2D eigenvalue weighted by molar-refractivity contribution is 7.13. The van der Waals surface area contributed by atoms with E-state index in [4.69, 9.17) is 27.3 Å². The van der Waals surface area contributed by atoms with Crippen molar-refractivity contribution in [3.8, 4) is 5.88 Å². The first kappa shape index (κ1) is 24.4. The molecular weight excluding hydrogens is 400 g/mol. The lowest BCUT2D eigenvalue weighted by atomic mass is 10.1. The minimum Gasteiger partial charge on any atom is -0.477 e. The molecule has 0 amide bonds. The molecule has 10 heteroatoms. The number of aliphatic imine (C=N–C) groups is 1. The summed E-state index contributed by atoms with van der Waals surface area (Å²) in [5.74, 6) is 0.813. The van der Waals surface area contributed by atoms with Crippen LogP contribution in [0.3, 0.4) is 0 Å². The predicted molar refractivity (Wildman–Crippen MR) is 125 cm³/mol. The van der Waals surface area contributed by atoms with E-state index in [1.54, 1.807) is 0 Å². The Labute approximate surface area is 184 Å². The van der Waals surface area contributed by atoms with E-state index in [2.05, 4.69) is 19.8 Å². The Morgan fingerprint density at radius 1 is 1.00 bits per heavy atom. The van der Waals surface area contributed by atoms with E-state index in [0.29, 0.717) is 17.5 Å². The van der Waals surface area contributed by atoms with Crippen molar-refractivity contribution in [2.45, 2.75) is 45.4 Å². The minimum atomic E-state index is -0.0000569. The lowest BCUT2D eigenvalue weighted by Crippen LogP contribution is -2.46. The van der Waals surface area contributed by atoms with Gasteiger partial charge in [-0.2, -0.15) is 4.98 Å². The van der Waals surface area contributed by atoms with Crippen LogP contribution in [0.15, 0.2) is 4.99 Å². The highest BCUT2D eigenvalue weighted by Gasteiger charge is 2.16. The van der Waals surface area contributed by atoms with Crippen molar-refractivity contribution >= 4 is 23.1 Å². The van der Waals surface area contributed by atoms with Crippen molar-refractivity contribution < 1.29 is 4.74 Å². The van der Waals surface area contributed by atoms with Gasteiger partial charge in [0, 0.05) is 32.7 Å². The molecule has 1 fully saturated rings. The smallest absolute Gasteiger partial charge is 0.228 e. The topological polar surface area (TPSA) is 143 Å². The summed E-state index contributed by atoms with van der Waals surface area (Å²) in [4.78, 5) is 14.4. The van der Waals surface area contributed by atoms with E-state index in [1.165, 1.54) is 37.1 Å². The zero-order chi connectivity index (χ0) is 21.8. The number of nitrogens with zero attached hydrogens (tertiary/aromatic N) is 4. The molecule has 0 atom stereocenters. The summed E-state index contributed by atoms with van der Waals surface area (Å²) >= 11 is 1.41. The number of guanidine groups is 1. The Morgan fingerprint density at radius 2 is 1.60 bits per heavy atom. The Morgan fingerprint density at radius 3 is 2.17 bits per heavy atom. The molecular formula is C20H38N8OS. The van der Waals surface area contributed by atoms with Crippen LogP contribution in [0.25, 0.3) is 0 Å². The number of ether oxygens (including phenoxy) is 1. The molecule has 7 N–H and O–H groups in total. The van der Waals surface area contributed by atoms with Crippen LogP contribution in [0.4, 0.5) is 0 Å². The summed E-state index contributed by atoms with van der Waals surface area (Å²) in [7, 11) is 0. The van der Waals surface area contributed by atoms with Gasteiger partial charge in [-0.15, -0.1) is 11.3 Å². The molecule has 9 nitrogen and oxygen atoms in total. The fourth-order valence-corrected chi connectivity index (χ4v) is 4.20. The lowest BCUT2D eigenvalue weighted by Gasteiger charge is -2.34. The molecule has 1 aromatic heterocycles. The Bertz CT molecular complexity index is 666. The Hall–Kier alpha value is -1.91. The number of rotatable bonds is 14. The van der Waals surface area contributed by atoms with E-state index in [-0.39, 0.29) is 11.8 Å². The van der Waals surface area contributed by atoms with Crippen LogP contribution in [0.5, 0.6) is 5.88 Å². The van der Waals surface area contributed by atoms with Crippen molar-refractivity contribution in [1.82, 2.24) is 14.8 Å². The standard InChI is InChI=1S/C20H38N8OS/c1-16-18(26-19(30-16)17(21)22)29-15-7-6-10-28-13-11-27(12-14-28)9-5-3-2-4-8-25-20(23)24/h2-15H2,1H3,(H3,21,22)(H4,23,24,25). The number of hydrogen-bond donors (Lipinski definition) is 4. The van der Waals surface area contributed by atoms with Gasteiger partial charge in [0.1, 0.15) is 0 Å². The summed E-state index contributed by atoms with van der Waals surface area (Å²) in [5, 5.41) is 7.98. The molecule has 1 aliphatic rings. The van der Waals surface area contributed by atoms with Crippen molar-refractivity contribution in [2.75, 3.05) is 52.4 Å². The fourth-order valence-electron chi connectivity index (χ4n) is 3.48. The average Bonchev–Trinajstić information content (AvgIpc) is 3.09. The second kappa shape index (κ2) is 13.4. The maximum atomic E-state index is 7.45. The third-order valence-corrected chi connectivity index (χ3v) is 6.22. The Kier molecular flexibility index (Phi) is 10.9. The molecule has 0 spiro atoms. The van der Waals surface area contributed by atoms with Gasteiger partial charge >= 0.3 is 0 Å². The first-order chi connectivity index (χ1) is 14.5. The number of nitrogen functional groups attached to an aromatic ring is 1. The number of thiazole rings is 1. The van der Waals surface area contributed by atoms with Gasteiger partial charge < -0.3 is 31.7 Å². The summed E-state index contributed by atoms with van der Waals surface area (Å²) < 4.78 is 5.77. The van der Waals surface area contributed by atoms with Gasteiger partial charge in [-0.25, -0.2) is 0 Å². The molecule has 0 aliphatic carbocycles. The van der Waals surface area contributed by atoms with Gasteiger partial charge in [-0.05, 0) is 45.7 Å². The van der Waals surface area contributed by atoms with Crippen LogP contribution in [-0.2, 0) is 0 Å². The van der Waals surface area contributed by atoms with Gasteiger partial charge in [-0.3, -0.25) is 10.4 Å². The molecule has 2 heterocycles. The van der Waals surface area contributed by atoms with E-state index in [0.717, 1.165) is 63.4 Å². The zero-order valence-electron chi connectivity index (χ0n) is 18.2. The molecule has 2 rings (SSSR count). The molecule has 170 valence electrons. The predicted octanol–water partition coefficient (Wildman–Crippen LogP) is 1.35. The zero-order valence-corrected chi connectivity index (χ0v) is 19.1. The van der Waals surface area contributed by atoms with E-state index in [1.807, 2.05) is 6.92 Å². The summed E-state index contributed by atoms with van der Waals surface area (Å²) in [6.45, 7) is 10.3. The first-order valence-electron chi connectivity index (χ1n) is 10.9. The average molecular weight is 439 g/mol. The minimum absolute atomic E-state index is 0.0000569. The van der Waals surface area contributed by atoms with Gasteiger partial charge in [-0.1, -0.05) is 12.8 Å². The largest absolute Gasteiger partial charge is 0.477 e. The molecule has 0 saturated carbocycles. The van der Waals surface area contributed by atoms with Crippen molar-refractivity contribution in [3.05, 3.63) is 9.88 Å². The van der Waals surface area contributed by atoms with Gasteiger partial charge in [0.2, 0.25) is 5.88 Å². The second-order valence-corrected chi connectivity index (χ2v) is 8.96. The molecule has 1 saturated heterocycles. The highest BCUT2D eigenvalue weighted by atomic mass is 32.1. The first-order valence-corrected chi connectivity index (χ1v) is 11.7. The molecule has 0 bridgehead atoms. The lowest BCUT2D eigenvalue weighted by molar-refractivity contribution is 0.127. The molecule has 0 unspecified atom stereocenters. The highest BCUT2D eigenvalue weighted by Crippen LogP contribution is 2.23. The van der Waals surface area contributed by atoms with Crippen LogP contribution in [0.2, 0.25) is 0 Å². The van der Waals surface area contributed by atoms with Crippen LogP contribution in [0.1, 0.15) is 48.4 Å². The summed E-state index contributed by atoms with van der Waals surface area (Å²) in [5.41, 5.74) is 16.1. The number of nitrogens with one attached hydrogen (secondary N) is 1. The Balaban J connectivity index is 1.46. The fraction of sp³-hybridized carbons (Fsp3) is 0.750. The number of hydrogen-bond acceptors (Lipinski definition) is 7. The molecule has 1 aliphatic heterocycles. The van der Waals surface area contributed by atoms with Gasteiger partial charge in [0.15, 0.2) is 16.8 Å². The quantitative estimate of drug-likeness (QED) is 0.195. The SMILES string of the molecule is Cc1sc(C(=N)N)nc1OCCCCN1CCN(CCCCCCN=C(N)N)CC1. The van der Waals surface area contributed by atoms with E-state index in [9.17, 15) is 0 Å². The number of nitrogens with two attached hydrogens (primary N) is 3. The second-order valence-electron chi connectivity index (χ2n) is 7.75. The third kappa shape index (κ3) is 9.27. The van der Waals surface area contributed by atoms with Gasteiger partial charge in [0.05, 0.1) is 11.5 Å². The number of piperazine rings is 1. The third-order valence-electron chi connectivity index (χ3n) is 5.23. The normalized spacial score (nSPS) is 15.2. The number of amidine groups is 1. The van der Waals surface area contributed by atoms with Gasteiger partial charge in [0.25, 0.3) is 0 Å². The van der Waals surface area contributed by atoms with Crippen LogP contribution >= 0.6 is 11.3 Å². The maximum Gasteiger partial charge on any atom is 0.228 e. The number of aromatic nitrogens is 1. The van der Waals surface area contributed by atoms with Crippen molar-refractivity contribution in [3.63, 3.8) is 0 Å². The number of unbranched alkanes of at least 4 members (excludes halogenated alkanes) is 4. The van der Waals surface area contributed by atoms with Crippen molar-refractivity contribution in [2.24, 2.45) is 22.2 Å². The molecule has 0 aromatic carbocycles. The van der Waals surface area contributed by atoms with Crippen LogP contribution in [0, 0.1) is 12.3 Å². The summed E-state index contributed by atoms with van der Waals surface area (Å²) in [6, 6.07) is 0. The molecule has 1 aromatic rings. The number of aryl methyl sites for hydroxylation is 1. The van der Waals surface area contributed by atoms with Crippen molar-refractivity contribution in [1.29, 1.82) is 5.41 Å². The van der Waals surface area contributed by atoms with E-state index >= 15 is 0 Å².